The van der Waals surface area contributed by atoms with Crippen molar-refractivity contribution in [3.05, 3.63) is 36.0 Å². The number of rotatable bonds is 2. The summed E-state index contributed by atoms with van der Waals surface area (Å²) in [6.45, 7) is 0. The van der Waals surface area contributed by atoms with Crippen molar-refractivity contribution in [3.8, 4) is 5.82 Å². The van der Waals surface area contributed by atoms with E-state index < -0.39 is 17.8 Å². The highest BCUT2D eigenvalue weighted by molar-refractivity contribution is 5.85. The van der Waals surface area contributed by atoms with Crippen LogP contribution in [0.2, 0.25) is 0 Å². The fraction of sp³-hybridized carbons (Fsp3) is 0.111. The smallest absolute Gasteiger partial charge is 0.435 e. The van der Waals surface area contributed by atoms with Gasteiger partial charge in [0.2, 0.25) is 0 Å². The lowest BCUT2D eigenvalue weighted by Gasteiger charge is -2.05. The van der Waals surface area contributed by atoms with Crippen LogP contribution in [0.4, 0.5) is 13.2 Å². The molecule has 9 heteroatoms. The van der Waals surface area contributed by atoms with Crippen molar-refractivity contribution < 1.29 is 23.1 Å². The Morgan fingerprint density at radius 3 is 2.44 bits per heavy atom. The molecular formula is C9H5F3N4O2. The third kappa shape index (κ3) is 2.29. The summed E-state index contributed by atoms with van der Waals surface area (Å²) in [7, 11) is 0. The Morgan fingerprint density at radius 1 is 1.28 bits per heavy atom. The molecule has 0 aliphatic carbocycles. The number of alkyl halides is 3. The van der Waals surface area contributed by atoms with E-state index in [1.807, 2.05) is 0 Å². The first-order valence-corrected chi connectivity index (χ1v) is 4.56. The first kappa shape index (κ1) is 12.0. The van der Waals surface area contributed by atoms with Crippen molar-refractivity contribution in [1.82, 2.24) is 19.7 Å². The normalized spacial score (nSPS) is 11.5. The Morgan fingerprint density at radius 2 is 2.00 bits per heavy atom. The first-order valence-electron chi connectivity index (χ1n) is 4.56. The second kappa shape index (κ2) is 4.09. The van der Waals surface area contributed by atoms with E-state index in [0.29, 0.717) is 0 Å². The highest BCUT2D eigenvalue weighted by Gasteiger charge is 2.32. The van der Waals surface area contributed by atoms with Crippen LogP contribution in [-0.2, 0) is 6.18 Å². The molecule has 94 valence electrons. The number of imidazole rings is 1. The molecule has 0 spiro atoms. The lowest BCUT2D eigenvalue weighted by Crippen LogP contribution is -2.10. The molecule has 1 N–H and O–H groups in total. The number of carboxylic acid groups (broad SMARTS) is 1. The Bertz CT molecular complexity index is 576. The van der Waals surface area contributed by atoms with Crippen LogP contribution in [0.25, 0.3) is 5.82 Å². The van der Waals surface area contributed by atoms with E-state index in [1.165, 1.54) is 0 Å². The Kier molecular flexibility index (Phi) is 2.73. The molecule has 0 unspecified atom stereocenters. The minimum atomic E-state index is -4.56. The number of aromatic nitrogens is 4. The minimum absolute atomic E-state index is 0.0444. The fourth-order valence-electron chi connectivity index (χ4n) is 1.17. The topological polar surface area (TPSA) is 80.9 Å². The lowest BCUT2D eigenvalue weighted by atomic mass is 10.4. The average molecular weight is 258 g/mol. The molecule has 2 aromatic heterocycles. The predicted octanol–water partition coefficient (Wildman–Crippen LogP) is 1.38. The molecule has 18 heavy (non-hydrogen) atoms. The van der Waals surface area contributed by atoms with Gasteiger partial charge in [-0.3, -0.25) is 4.57 Å². The summed E-state index contributed by atoms with van der Waals surface area (Å²) >= 11 is 0. The van der Waals surface area contributed by atoms with Gasteiger partial charge in [0, 0.05) is 6.20 Å². The van der Waals surface area contributed by atoms with Gasteiger partial charge in [0.1, 0.15) is 6.33 Å². The molecular weight excluding hydrogens is 253 g/mol. The van der Waals surface area contributed by atoms with E-state index in [1.54, 1.807) is 0 Å². The van der Waals surface area contributed by atoms with E-state index in [4.69, 9.17) is 5.11 Å². The standard InChI is InChI=1S/C9H5F3N4O2/c10-9(11,12)6-1-2-7(15-14-6)16-3-5(8(17)18)13-4-16/h1-4H,(H,17,18). The van der Waals surface area contributed by atoms with Crippen molar-refractivity contribution in [2.24, 2.45) is 0 Å². The third-order valence-electron chi connectivity index (χ3n) is 2.01. The van der Waals surface area contributed by atoms with Crippen LogP contribution in [0.15, 0.2) is 24.7 Å². The molecule has 6 nitrogen and oxygen atoms in total. The molecule has 2 rings (SSSR count). The van der Waals surface area contributed by atoms with E-state index in [-0.39, 0.29) is 11.5 Å². The van der Waals surface area contributed by atoms with Crippen LogP contribution in [0.5, 0.6) is 0 Å². The molecule has 2 aromatic rings. The van der Waals surface area contributed by atoms with E-state index in [9.17, 15) is 18.0 Å². The van der Waals surface area contributed by atoms with Crippen molar-refractivity contribution in [3.63, 3.8) is 0 Å². The van der Waals surface area contributed by atoms with Crippen LogP contribution in [0.3, 0.4) is 0 Å². The van der Waals surface area contributed by atoms with Gasteiger partial charge in [-0.05, 0) is 12.1 Å². The summed E-state index contributed by atoms with van der Waals surface area (Å²) in [5.41, 5.74) is -1.36. The number of hydrogen-bond acceptors (Lipinski definition) is 4. The summed E-state index contributed by atoms with van der Waals surface area (Å²) in [6.07, 6.45) is -2.31. The Hall–Kier alpha value is -2.45. The minimum Gasteiger partial charge on any atom is -0.476 e. The summed E-state index contributed by atoms with van der Waals surface area (Å²) in [4.78, 5) is 14.1. The monoisotopic (exact) mass is 258 g/mol. The average Bonchev–Trinajstić information content (AvgIpc) is 2.77. The zero-order chi connectivity index (χ0) is 13.3. The van der Waals surface area contributed by atoms with E-state index in [2.05, 4.69) is 15.2 Å². The Labute approximate surface area is 97.7 Å². The molecule has 0 radical (unpaired) electrons. The molecule has 0 aliphatic rings. The summed E-state index contributed by atoms with van der Waals surface area (Å²) in [5.74, 6) is -1.20. The van der Waals surface area contributed by atoms with Crippen LogP contribution < -0.4 is 0 Å². The second-order valence-corrected chi connectivity index (χ2v) is 3.25. The molecule has 0 saturated carbocycles. The number of aromatic carboxylic acids is 1. The van der Waals surface area contributed by atoms with Gasteiger partial charge in [0.15, 0.2) is 17.2 Å². The van der Waals surface area contributed by atoms with Gasteiger partial charge in [0.25, 0.3) is 0 Å². The van der Waals surface area contributed by atoms with Gasteiger partial charge < -0.3 is 5.11 Å². The molecule has 0 bridgehead atoms. The molecule has 0 fully saturated rings. The van der Waals surface area contributed by atoms with Crippen molar-refractivity contribution in [1.29, 1.82) is 0 Å². The van der Waals surface area contributed by atoms with Gasteiger partial charge in [-0.1, -0.05) is 0 Å². The first-order chi connectivity index (χ1) is 8.38. The van der Waals surface area contributed by atoms with Crippen LogP contribution in [-0.4, -0.2) is 30.8 Å². The summed E-state index contributed by atoms with van der Waals surface area (Å²) in [6, 6.07) is 1.83. The zero-order valence-electron chi connectivity index (χ0n) is 8.59. The molecule has 0 aromatic carbocycles. The van der Waals surface area contributed by atoms with Gasteiger partial charge in [-0.15, -0.1) is 10.2 Å². The predicted molar refractivity (Wildman–Crippen MR) is 51.1 cm³/mol. The van der Waals surface area contributed by atoms with Gasteiger partial charge >= 0.3 is 12.1 Å². The lowest BCUT2D eigenvalue weighted by molar-refractivity contribution is -0.141. The number of carboxylic acids is 1. The van der Waals surface area contributed by atoms with E-state index >= 15 is 0 Å². The van der Waals surface area contributed by atoms with Crippen molar-refractivity contribution in [2.75, 3.05) is 0 Å². The van der Waals surface area contributed by atoms with Crippen molar-refractivity contribution in [2.45, 2.75) is 6.18 Å². The largest absolute Gasteiger partial charge is 0.476 e. The second-order valence-electron chi connectivity index (χ2n) is 3.25. The molecule has 2 heterocycles. The number of carbonyl (C=O) groups is 1. The van der Waals surface area contributed by atoms with Gasteiger partial charge in [0.05, 0.1) is 0 Å². The summed E-state index contributed by atoms with van der Waals surface area (Å²) < 4.78 is 37.9. The maximum atomic E-state index is 12.2. The quantitative estimate of drug-likeness (QED) is 0.880. The number of hydrogen-bond donors (Lipinski definition) is 1. The van der Waals surface area contributed by atoms with Crippen molar-refractivity contribution >= 4 is 5.97 Å². The van der Waals surface area contributed by atoms with Crippen LogP contribution in [0, 0.1) is 0 Å². The number of halogens is 3. The highest BCUT2D eigenvalue weighted by Crippen LogP contribution is 2.26. The molecule has 0 amide bonds. The van der Waals surface area contributed by atoms with Gasteiger partial charge in [-0.2, -0.15) is 13.2 Å². The van der Waals surface area contributed by atoms with Crippen LogP contribution >= 0.6 is 0 Å². The maximum absolute atomic E-state index is 12.2. The third-order valence-corrected chi connectivity index (χ3v) is 2.01. The molecule has 0 saturated heterocycles. The molecule has 0 atom stereocenters. The van der Waals surface area contributed by atoms with Crippen LogP contribution in [0.1, 0.15) is 16.2 Å². The highest BCUT2D eigenvalue weighted by atomic mass is 19.4. The fourth-order valence-corrected chi connectivity index (χ4v) is 1.17. The summed E-state index contributed by atoms with van der Waals surface area (Å²) in [5, 5.41) is 15.0. The maximum Gasteiger partial charge on any atom is 0.435 e. The molecule has 0 aliphatic heterocycles. The van der Waals surface area contributed by atoms with E-state index in [0.717, 1.165) is 29.2 Å². The zero-order valence-corrected chi connectivity index (χ0v) is 8.59. The Balaban J connectivity index is 2.31. The number of nitrogens with zero attached hydrogens (tertiary/aromatic N) is 4. The van der Waals surface area contributed by atoms with Gasteiger partial charge in [-0.25, -0.2) is 9.78 Å². The SMILES string of the molecule is O=C(O)c1cn(-c2ccc(C(F)(F)F)nn2)cn1.